The van der Waals surface area contributed by atoms with Crippen molar-refractivity contribution in [2.24, 2.45) is 0 Å². The summed E-state index contributed by atoms with van der Waals surface area (Å²) >= 11 is 3.34. The fourth-order valence-corrected chi connectivity index (χ4v) is 4.02. The Morgan fingerprint density at radius 3 is 3.14 bits per heavy atom. The van der Waals surface area contributed by atoms with Crippen LogP contribution in [0.2, 0.25) is 0 Å². The maximum atomic E-state index is 12.5. The summed E-state index contributed by atoms with van der Waals surface area (Å²) in [4.78, 5) is 19.8. The summed E-state index contributed by atoms with van der Waals surface area (Å²) in [5, 5.41) is 3.84. The molecule has 0 radical (unpaired) electrons. The molecule has 0 saturated heterocycles. The first kappa shape index (κ1) is 15.4. The van der Waals surface area contributed by atoms with E-state index in [0.29, 0.717) is 23.2 Å². The molecule has 2 aromatic rings. The highest BCUT2D eigenvalue weighted by Gasteiger charge is 2.21. The number of hydrogen-bond donors (Lipinski definition) is 0. The Hall–Kier alpha value is -1.47. The van der Waals surface area contributed by atoms with E-state index in [2.05, 4.69) is 16.2 Å². The van der Waals surface area contributed by atoms with Gasteiger partial charge in [-0.1, -0.05) is 17.3 Å². The van der Waals surface area contributed by atoms with E-state index in [9.17, 15) is 4.79 Å². The lowest BCUT2D eigenvalue weighted by atomic mass is 10.2. The molecule has 3 rings (SSSR count). The van der Waals surface area contributed by atoms with E-state index in [-0.39, 0.29) is 5.91 Å². The molecule has 0 unspecified atom stereocenters. The third-order valence-corrected chi connectivity index (χ3v) is 5.33. The fraction of sp³-hybridized carbons (Fsp3) is 0.400. The van der Waals surface area contributed by atoms with Gasteiger partial charge in [-0.15, -0.1) is 23.5 Å². The molecule has 0 atom stereocenters. The lowest BCUT2D eigenvalue weighted by molar-refractivity contribution is -0.116. The minimum absolute atomic E-state index is 0.139. The molecule has 5 nitrogen and oxygen atoms in total. The van der Waals surface area contributed by atoms with Crippen molar-refractivity contribution in [2.45, 2.75) is 24.0 Å². The standard InChI is InChI=1S/C15H17N3O2S2/c1-11-16-14(17-20-11)9-21-10-15(19)18-7-4-8-22-13-6-3-2-5-12(13)18/h2-3,5-6H,4,7-10H2,1H3. The highest BCUT2D eigenvalue weighted by molar-refractivity contribution is 7.99. The average molecular weight is 335 g/mol. The Morgan fingerprint density at radius 1 is 1.45 bits per heavy atom. The summed E-state index contributed by atoms with van der Waals surface area (Å²) in [5.74, 6) is 3.40. The van der Waals surface area contributed by atoms with Gasteiger partial charge in [0, 0.05) is 18.4 Å². The van der Waals surface area contributed by atoms with Crippen molar-refractivity contribution in [2.75, 3.05) is 23.0 Å². The van der Waals surface area contributed by atoms with Gasteiger partial charge in [-0.05, 0) is 24.3 Å². The molecule has 0 bridgehead atoms. The van der Waals surface area contributed by atoms with Crippen LogP contribution < -0.4 is 4.90 Å². The van der Waals surface area contributed by atoms with Gasteiger partial charge >= 0.3 is 0 Å². The van der Waals surface area contributed by atoms with Crippen LogP contribution >= 0.6 is 23.5 Å². The zero-order valence-corrected chi connectivity index (χ0v) is 14.0. The Morgan fingerprint density at radius 2 is 2.32 bits per heavy atom. The molecule has 1 aliphatic rings. The number of hydrogen-bond acceptors (Lipinski definition) is 6. The van der Waals surface area contributed by atoms with Gasteiger partial charge in [0.1, 0.15) is 0 Å². The van der Waals surface area contributed by atoms with Gasteiger partial charge in [-0.25, -0.2) is 0 Å². The average Bonchev–Trinajstić information content (AvgIpc) is 2.82. The van der Waals surface area contributed by atoms with Crippen molar-refractivity contribution < 1.29 is 9.32 Å². The number of para-hydroxylation sites is 1. The van der Waals surface area contributed by atoms with Crippen molar-refractivity contribution >= 4 is 35.1 Å². The first-order valence-corrected chi connectivity index (χ1v) is 9.27. The summed E-state index contributed by atoms with van der Waals surface area (Å²) < 4.78 is 4.93. The van der Waals surface area contributed by atoms with Gasteiger partial charge in [-0.2, -0.15) is 4.98 Å². The Bertz CT molecular complexity index is 660. The second kappa shape index (κ2) is 7.19. The van der Waals surface area contributed by atoms with E-state index < -0.39 is 0 Å². The monoisotopic (exact) mass is 335 g/mol. The minimum Gasteiger partial charge on any atom is -0.340 e. The lowest BCUT2D eigenvalue weighted by Crippen LogP contribution is -2.33. The van der Waals surface area contributed by atoms with E-state index in [1.807, 2.05) is 34.9 Å². The first-order chi connectivity index (χ1) is 10.7. The second-order valence-electron chi connectivity index (χ2n) is 4.94. The Balaban J connectivity index is 1.62. The summed E-state index contributed by atoms with van der Waals surface area (Å²) in [7, 11) is 0. The van der Waals surface area contributed by atoms with Gasteiger partial charge in [-0.3, -0.25) is 4.79 Å². The van der Waals surface area contributed by atoms with Crippen molar-refractivity contribution in [3.8, 4) is 0 Å². The maximum absolute atomic E-state index is 12.5. The predicted octanol–water partition coefficient (Wildman–Crippen LogP) is 3.14. The fourth-order valence-electron chi connectivity index (χ4n) is 2.29. The van der Waals surface area contributed by atoms with Gasteiger partial charge in [0.05, 0.1) is 17.2 Å². The number of fused-ring (bicyclic) bond motifs is 1. The largest absolute Gasteiger partial charge is 0.340 e. The molecule has 7 heteroatoms. The molecule has 1 aliphatic heterocycles. The first-order valence-electron chi connectivity index (χ1n) is 7.13. The third-order valence-electron chi connectivity index (χ3n) is 3.27. The lowest BCUT2D eigenvalue weighted by Gasteiger charge is -2.22. The van der Waals surface area contributed by atoms with Crippen molar-refractivity contribution in [3.05, 3.63) is 36.0 Å². The van der Waals surface area contributed by atoms with Crippen LogP contribution in [0, 0.1) is 6.92 Å². The van der Waals surface area contributed by atoms with Crippen LogP contribution in [0.15, 0.2) is 33.7 Å². The van der Waals surface area contributed by atoms with Crippen LogP contribution in [0.1, 0.15) is 18.1 Å². The number of carbonyl (C=O) groups is 1. The Kier molecular flexibility index (Phi) is 5.04. The Labute approximate surface area is 137 Å². The van der Waals surface area contributed by atoms with Gasteiger partial charge < -0.3 is 9.42 Å². The zero-order valence-electron chi connectivity index (χ0n) is 12.3. The van der Waals surface area contributed by atoms with Crippen LogP contribution in [-0.4, -0.2) is 34.1 Å². The van der Waals surface area contributed by atoms with Crippen molar-refractivity contribution in [1.82, 2.24) is 10.1 Å². The SMILES string of the molecule is Cc1nc(CSCC(=O)N2CCCSc3ccccc32)no1. The molecular weight excluding hydrogens is 318 g/mol. The molecule has 22 heavy (non-hydrogen) atoms. The number of thioether (sulfide) groups is 2. The number of aryl methyl sites for hydroxylation is 1. The summed E-state index contributed by atoms with van der Waals surface area (Å²) in [6, 6.07) is 8.12. The molecule has 0 N–H and O–H groups in total. The number of carbonyl (C=O) groups excluding carboxylic acids is 1. The highest BCUT2D eigenvalue weighted by Crippen LogP contribution is 2.33. The van der Waals surface area contributed by atoms with Crippen LogP contribution in [-0.2, 0) is 10.5 Å². The smallest absolute Gasteiger partial charge is 0.237 e. The molecule has 0 aliphatic carbocycles. The number of amides is 1. The molecule has 0 fully saturated rings. The molecule has 0 saturated carbocycles. The van der Waals surface area contributed by atoms with Crippen LogP contribution in [0.25, 0.3) is 0 Å². The molecule has 2 heterocycles. The van der Waals surface area contributed by atoms with E-state index in [0.717, 1.165) is 24.4 Å². The van der Waals surface area contributed by atoms with Crippen LogP contribution in [0.4, 0.5) is 5.69 Å². The zero-order chi connectivity index (χ0) is 15.4. The normalized spacial score (nSPS) is 14.5. The predicted molar refractivity (Wildman–Crippen MR) is 89.3 cm³/mol. The molecule has 1 aromatic heterocycles. The highest BCUT2D eigenvalue weighted by atomic mass is 32.2. The third kappa shape index (κ3) is 3.64. The number of anilines is 1. The van der Waals surface area contributed by atoms with E-state index >= 15 is 0 Å². The topological polar surface area (TPSA) is 59.2 Å². The van der Waals surface area contributed by atoms with E-state index in [1.54, 1.807) is 6.92 Å². The quantitative estimate of drug-likeness (QED) is 0.855. The minimum atomic E-state index is 0.139. The molecule has 0 spiro atoms. The number of rotatable bonds is 4. The van der Waals surface area contributed by atoms with Crippen LogP contribution in [0.5, 0.6) is 0 Å². The number of aromatic nitrogens is 2. The molecule has 116 valence electrons. The van der Waals surface area contributed by atoms with E-state index in [4.69, 9.17) is 4.52 Å². The second-order valence-corrected chi connectivity index (χ2v) is 7.06. The van der Waals surface area contributed by atoms with Gasteiger partial charge in [0.15, 0.2) is 5.82 Å². The molecule has 1 aromatic carbocycles. The summed E-state index contributed by atoms with van der Waals surface area (Å²) in [6.07, 6.45) is 1.01. The summed E-state index contributed by atoms with van der Waals surface area (Å²) in [5.41, 5.74) is 1.03. The van der Waals surface area contributed by atoms with E-state index in [1.165, 1.54) is 16.7 Å². The number of benzene rings is 1. The molecular formula is C15H17N3O2S2. The van der Waals surface area contributed by atoms with Gasteiger partial charge in [0.2, 0.25) is 11.8 Å². The number of nitrogens with zero attached hydrogens (tertiary/aromatic N) is 3. The van der Waals surface area contributed by atoms with Crippen LogP contribution in [0.3, 0.4) is 0 Å². The maximum Gasteiger partial charge on any atom is 0.237 e. The van der Waals surface area contributed by atoms with Crippen molar-refractivity contribution in [1.29, 1.82) is 0 Å². The summed E-state index contributed by atoms with van der Waals surface area (Å²) in [6.45, 7) is 2.54. The molecule has 1 amide bonds. The van der Waals surface area contributed by atoms with Gasteiger partial charge in [0.25, 0.3) is 0 Å². The van der Waals surface area contributed by atoms with Crippen molar-refractivity contribution in [3.63, 3.8) is 0 Å².